The van der Waals surface area contributed by atoms with Crippen LogP contribution in [-0.2, 0) is 9.53 Å². The molecule has 0 aromatic heterocycles. The molecule has 20 heavy (non-hydrogen) atoms. The first-order valence-corrected chi connectivity index (χ1v) is 7.84. The minimum Gasteiger partial charge on any atom is -0.481 e. The van der Waals surface area contributed by atoms with Gasteiger partial charge >= 0.3 is 5.97 Å². The Morgan fingerprint density at radius 2 is 1.55 bits per heavy atom. The summed E-state index contributed by atoms with van der Waals surface area (Å²) in [4.78, 5) is 10.3. The summed E-state index contributed by atoms with van der Waals surface area (Å²) in [5, 5.41) is 8.50. The maximum absolute atomic E-state index is 10.3. The van der Waals surface area contributed by atoms with Crippen molar-refractivity contribution in [2.75, 3.05) is 13.2 Å². The summed E-state index contributed by atoms with van der Waals surface area (Å²) in [5.41, 5.74) is 0. The van der Waals surface area contributed by atoms with Crippen LogP contribution in [0.1, 0.15) is 64.7 Å². The maximum Gasteiger partial charge on any atom is 0.303 e. The summed E-state index contributed by atoms with van der Waals surface area (Å²) in [5.74, 6) is -0.675. The second kappa shape index (κ2) is 16.0. The highest BCUT2D eigenvalue weighted by atomic mass is 16.5. The largest absolute Gasteiger partial charge is 0.481 e. The topological polar surface area (TPSA) is 46.5 Å². The molecule has 0 unspecified atom stereocenters. The van der Waals surface area contributed by atoms with E-state index in [4.69, 9.17) is 9.84 Å². The summed E-state index contributed by atoms with van der Waals surface area (Å²) in [6, 6.07) is 0. The smallest absolute Gasteiger partial charge is 0.303 e. The number of carboxylic acid groups (broad SMARTS) is 1. The minimum absolute atomic E-state index is 0.319. The zero-order chi connectivity index (χ0) is 14.9. The third-order valence-electron chi connectivity index (χ3n) is 3.08. The molecular weight excluding hydrogens is 252 g/mol. The Morgan fingerprint density at radius 3 is 2.15 bits per heavy atom. The van der Waals surface area contributed by atoms with Crippen LogP contribution < -0.4 is 0 Å². The van der Waals surface area contributed by atoms with Crippen molar-refractivity contribution in [1.82, 2.24) is 0 Å². The van der Waals surface area contributed by atoms with Crippen LogP contribution in [0.25, 0.3) is 0 Å². The van der Waals surface area contributed by atoms with Crippen molar-refractivity contribution in [2.45, 2.75) is 64.7 Å². The number of hydrogen-bond acceptors (Lipinski definition) is 2. The molecule has 0 aliphatic heterocycles. The van der Waals surface area contributed by atoms with Crippen molar-refractivity contribution in [2.24, 2.45) is 0 Å². The Kier molecular flexibility index (Phi) is 15.1. The highest BCUT2D eigenvalue weighted by Gasteiger charge is 1.96. The Balaban J connectivity index is 3.04. The molecule has 0 radical (unpaired) electrons. The maximum atomic E-state index is 10.3. The molecule has 0 bridgehead atoms. The molecule has 0 aliphatic carbocycles. The van der Waals surface area contributed by atoms with E-state index in [9.17, 15) is 4.79 Å². The lowest BCUT2D eigenvalue weighted by atomic mass is 10.1. The van der Waals surface area contributed by atoms with Crippen molar-refractivity contribution >= 4 is 5.97 Å². The molecule has 0 aromatic rings. The predicted octanol–water partition coefficient (Wildman–Crippen LogP) is 4.73. The standard InChI is InChI=1S/C17H30O3/c1-2-3-4-12-15-20-16-13-10-8-6-5-7-9-11-14-17(18)19/h2-4,12H,5-11,13-16H2,1H3,(H,18,19). The van der Waals surface area contributed by atoms with Gasteiger partial charge in [0.1, 0.15) is 0 Å². The lowest BCUT2D eigenvalue weighted by molar-refractivity contribution is -0.137. The monoisotopic (exact) mass is 282 g/mol. The molecule has 0 atom stereocenters. The van der Waals surface area contributed by atoms with Gasteiger partial charge in [-0.1, -0.05) is 62.8 Å². The Hall–Kier alpha value is -1.09. The Morgan fingerprint density at radius 1 is 0.950 bits per heavy atom. The molecule has 0 fully saturated rings. The molecule has 0 saturated heterocycles. The van der Waals surface area contributed by atoms with Gasteiger partial charge in [-0.15, -0.1) is 0 Å². The molecule has 0 rings (SSSR count). The fourth-order valence-corrected chi connectivity index (χ4v) is 1.94. The third-order valence-corrected chi connectivity index (χ3v) is 3.08. The summed E-state index contributed by atoms with van der Waals surface area (Å²) in [6.45, 7) is 3.55. The van der Waals surface area contributed by atoms with E-state index in [-0.39, 0.29) is 0 Å². The average Bonchev–Trinajstić information content (AvgIpc) is 2.43. The number of carboxylic acids is 1. The molecule has 3 heteroatoms. The van der Waals surface area contributed by atoms with Crippen LogP contribution >= 0.6 is 0 Å². The Bertz CT molecular complexity index is 269. The Labute approximate surface area is 123 Å². The van der Waals surface area contributed by atoms with Gasteiger partial charge in [0.05, 0.1) is 6.61 Å². The molecular formula is C17H30O3. The predicted molar refractivity (Wildman–Crippen MR) is 84.0 cm³/mol. The zero-order valence-electron chi connectivity index (χ0n) is 12.9. The summed E-state index contributed by atoms with van der Waals surface area (Å²) >= 11 is 0. The fraction of sp³-hybridized carbons (Fsp3) is 0.706. The van der Waals surface area contributed by atoms with Crippen LogP contribution in [-0.4, -0.2) is 24.3 Å². The first kappa shape index (κ1) is 18.9. The second-order valence-electron chi connectivity index (χ2n) is 5.00. The highest BCUT2D eigenvalue weighted by molar-refractivity contribution is 5.66. The van der Waals surface area contributed by atoms with E-state index in [0.717, 1.165) is 25.9 Å². The van der Waals surface area contributed by atoms with Gasteiger partial charge in [0, 0.05) is 13.0 Å². The lowest BCUT2D eigenvalue weighted by Gasteiger charge is -2.02. The van der Waals surface area contributed by atoms with Crippen LogP contribution in [0, 0.1) is 0 Å². The zero-order valence-corrected chi connectivity index (χ0v) is 12.9. The lowest BCUT2D eigenvalue weighted by Crippen LogP contribution is -1.94. The average molecular weight is 282 g/mol. The molecule has 0 saturated carbocycles. The van der Waals surface area contributed by atoms with E-state index in [0.29, 0.717) is 13.0 Å². The number of unbranched alkanes of at least 4 members (excludes halogenated alkanes) is 7. The normalized spacial score (nSPS) is 11.7. The molecule has 0 heterocycles. The molecule has 0 spiro atoms. The number of ether oxygens (including phenoxy) is 1. The van der Waals surface area contributed by atoms with Crippen LogP contribution in [0.4, 0.5) is 0 Å². The van der Waals surface area contributed by atoms with Gasteiger partial charge in [-0.25, -0.2) is 0 Å². The van der Waals surface area contributed by atoms with Gasteiger partial charge in [0.15, 0.2) is 0 Å². The number of rotatable bonds is 14. The van der Waals surface area contributed by atoms with Gasteiger partial charge in [-0.05, 0) is 19.8 Å². The number of carbonyl (C=O) groups is 1. The van der Waals surface area contributed by atoms with E-state index in [1.165, 1.54) is 32.1 Å². The van der Waals surface area contributed by atoms with Crippen molar-refractivity contribution in [3.63, 3.8) is 0 Å². The molecule has 0 amide bonds. The first-order valence-electron chi connectivity index (χ1n) is 7.84. The number of aliphatic carboxylic acids is 1. The van der Waals surface area contributed by atoms with Crippen molar-refractivity contribution in [3.05, 3.63) is 24.3 Å². The van der Waals surface area contributed by atoms with Gasteiger partial charge in [-0.3, -0.25) is 4.79 Å². The summed E-state index contributed by atoms with van der Waals surface area (Å²) in [6.07, 6.45) is 17.5. The minimum atomic E-state index is -0.675. The SMILES string of the molecule is CC=CC=CCOCCCCCCCCCCC(=O)O. The summed E-state index contributed by atoms with van der Waals surface area (Å²) in [7, 11) is 0. The van der Waals surface area contributed by atoms with E-state index >= 15 is 0 Å². The summed E-state index contributed by atoms with van der Waals surface area (Å²) < 4.78 is 5.49. The fourth-order valence-electron chi connectivity index (χ4n) is 1.94. The van der Waals surface area contributed by atoms with E-state index in [1.807, 2.05) is 31.2 Å². The van der Waals surface area contributed by atoms with Crippen LogP contribution in [0.3, 0.4) is 0 Å². The van der Waals surface area contributed by atoms with Crippen LogP contribution in [0.2, 0.25) is 0 Å². The van der Waals surface area contributed by atoms with Crippen molar-refractivity contribution < 1.29 is 14.6 Å². The van der Waals surface area contributed by atoms with Gasteiger partial charge in [0.2, 0.25) is 0 Å². The number of hydrogen-bond donors (Lipinski definition) is 1. The van der Waals surface area contributed by atoms with E-state index in [1.54, 1.807) is 0 Å². The second-order valence-corrected chi connectivity index (χ2v) is 5.00. The van der Waals surface area contributed by atoms with Crippen LogP contribution in [0.15, 0.2) is 24.3 Å². The highest BCUT2D eigenvalue weighted by Crippen LogP contribution is 2.09. The third kappa shape index (κ3) is 16.9. The molecule has 0 aromatic carbocycles. The molecule has 0 aliphatic rings. The molecule has 3 nitrogen and oxygen atoms in total. The van der Waals surface area contributed by atoms with E-state index in [2.05, 4.69) is 0 Å². The molecule has 116 valence electrons. The molecule has 1 N–H and O–H groups in total. The quantitative estimate of drug-likeness (QED) is 0.370. The number of allylic oxidation sites excluding steroid dienone is 3. The van der Waals surface area contributed by atoms with Crippen LogP contribution in [0.5, 0.6) is 0 Å². The van der Waals surface area contributed by atoms with Crippen molar-refractivity contribution in [3.8, 4) is 0 Å². The van der Waals surface area contributed by atoms with Crippen molar-refractivity contribution in [1.29, 1.82) is 0 Å². The van der Waals surface area contributed by atoms with E-state index < -0.39 is 5.97 Å². The van der Waals surface area contributed by atoms with Gasteiger partial charge < -0.3 is 9.84 Å². The van der Waals surface area contributed by atoms with Gasteiger partial charge in [-0.2, -0.15) is 0 Å². The first-order chi connectivity index (χ1) is 9.77. The van der Waals surface area contributed by atoms with Gasteiger partial charge in [0.25, 0.3) is 0 Å².